The normalized spacial score (nSPS) is 17.7. The Morgan fingerprint density at radius 1 is 1.47 bits per heavy atom. The summed E-state index contributed by atoms with van der Waals surface area (Å²) in [5, 5.41) is 8.87. The van der Waals surface area contributed by atoms with Gasteiger partial charge in [-0.1, -0.05) is 0 Å². The van der Waals surface area contributed by atoms with Crippen molar-refractivity contribution in [1.29, 1.82) is 0 Å². The van der Waals surface area contributed by atoms with Gasteiger partial charge in [-0.2, -0.15) is 4.98 Å². The summed E-state index contributed by atoms with van der Waals surface area (Å²) in [7, 11) is 0. The highest BCUT2D eigenvalue weighted by Gasteiger charge is 2.15. The van der Waals surface area contributed by atoms with E-state index in [1.807, 2.05) is 0 Å². The van der Waals surface area contributed by atoms with E-state index in [-0.39, 0.29) is 12.7 Å². The van der Waals surface area contributed by atoms with E-state index in [4.69, 9.17) is 14.6 Å². The number of rotatable bonds is 3. The first-order valence-electron chi connectivity index (χ1n) is 5.05. The predicted octanol–water partition coefficient (Wildman–Crippen LogP) is 0.527. The monoisotopic (exact) mass is 210 g/mol. The summed E-state index contributed by atoms with van der Waals surface area (Å²) < 4.78 is 10.9. The molecular formula is C10H14N2O3. The number of hydrogen-bond donors (Lipinski definition) is 1. The third kappa shape index (κ3) is 2.87. The fourth-order valence-electron chi connectivity index (χ4n) is 1.49. The molecule has 1 fully saturated rings. The van der Waals surface area contributed by atoms with E-state index in [1.54, 1.807) is 12.3 Å². The molecule has 1 aromatic heterocycles. The number of aliphatic hydroxyl groups excluding tert-OH is 1. The lowest BCUT2D eigenvalue weighted by Gasteiger charge is -2.22. The molecule has 0 radical (unpaired) electrons. The van der Waals surface area contributed by atoms with E-state index in [2.05, 4.69) is 9.97 Å². The quantitative estimate of drug-likeness (QED) is 0.788. The highest BCUT2D eigenvalue weighted by atomic mass is 16.5. The van der Waals surface area contributed by atoms with Crippen molar-refractivity contribution in [1.82, 2.24) is 9.97 Å². The number of aromatic nitrogens is 2. The molecule has 0 spiro atoms. The highest BCUT2D eigenvalue weighted by Crippen LogP contribution is 2.15. The SMILES string of the molecule is OCc1nccc(OC2CCOCC2)n1. The Bertz CT molecular complexity index is 313. The van der Waals surface area contributed by atoms with E-state index >= 15 is 0 Å². The Kier molecular flexibility index (Phi) is 3.47. The summed E-state index contributed by atoms with van der Waals surface area (Å²) in [6, 6.07) is 1.70. The van der Waals surface area contributed by atoms with Crippen LogP contribution in [0.15, 0.2) is 12.3 Å². The highest BCUT2D eigenvalue weighted by molar-refractivity contribution is 5.08. The van der Waals surface area contributed by atoms with Gasteiger partial charge in [0.15, 0.2) is 5.82 Å². The number of aliphatic hydroxyl groups is 1. The standard InChI is InChI=1S/C10H14N2O3/c13-7-9-11-4-1-10(12-9)15-8-2-5-14-6-3-8/h1,4,8,13H,2-3,5-7H2. The summed E-state index contributed by atoms with van der Waals surface area (Å²) in [6.07, 6.45) is 3.53. The largest absolute Gasteiger partial charge is 0.474 e. The second kappa shape index (κ2) is 5.04. The second-order valence-electron chi connectivity index (χ2n) is 3.40. The molecule has 15 heavy (non-hydrogen) atoms. The van der Waals surface area contributed by atoms with Crippen LogP contribution in [0.2, 0.25) is 0 Å². The van der Waals surface area contributed by atoms with E-state index in [9.17, 15) is 0 Å². The van der Waals surface area contributed by atoms with Crippen LogP contribution in [0.25, 0.3) is 0 Å². The second-order valence-corrected chi connectivity index (χ2v) is 3.40. The summed E-state index contributed by atoms with van der Waals surface area (Å²) >= 11 is 0. The van der Waals surface area contributed by atoms with E-state index < -0.39 is 0 Å². The minimum atomic E-state index is -0.162. The van der Waals surface area contributed by atoms with Crippen molar-refractivity contribution in [2.24, 2.45) is 0 Å². The molecule has 0 unspecified atom stereocenters. The fourth-order valence-corrected chi connectivity index (χ4v) is 1.49. The van der Waals surface area contributed by atoms with Gasteiger partial charge < -0.3 is 14.6 Å². The number of hydrogen-bond acceptors (Lipinski definition) is 5. The van der Waals surface area contributed by atoms with Crippen LogP contribution >= 0.6 is 0 Å². The van der Waals surface area contributed by atoms with Gasteiger partial charge in [0, 0.05) is 25.1 Å². The molecule has 2 heterocycles. The Morgan fingerprint density at radius 3 is 3.00 bits per heavy atom. The molecule has 1 aliphatic heterocycles. The molecule has 5 nitrogen and oxygen atoms in total. The van der Waals surface area contributed by atoms with Crippen molar-refractivity contribution >= 4 is 0 Å². The molecule has 0 saturated carbocycles. The Balaban J connectivity index is 1.96. The van der Waals surface area contributed by atoms with Crippen molar-refractivity contribution < 1.29 is 14.6 Å². The van der Waals surface area contributed by atoms with E-state index in [0.717, 1.165) is 26.1 Å². The first kappa shape index (κ1) is 10.3. The molecule has 0 bridgehead atoms. The molecule has 1 aromatic rings. The molecule has 0 atom stereocenters. The van der Waals surface area contributed by atoms with Crippen LogP contribution in [-0.4, -0.2) is 34.4 Å². The zero-order valence-corrected chi connectivity index (χ0v) is 8.43. The molecule has 1 aliphatic rings. The van der Waals surface area contributed by atoms with Crippen LogP contribution in [-0.2, 0) is 11.3 Å². The third-order valence-electron chi connectivity index (χ3n) is 2.28. The van der Waals surface area contributed by atoms with Crippen molar-refractivity contribution in [2.45, 2.75) is 25.6 Å². The van der Waals surface area contributed by atoms with Crippen molar-refractivity contribution in [3.05, 3.63) is 18.1 Å². The molecule has 0 aliphatic carbocycles. The Hall–Kier alpha value is -1.20. The molecule has 1 N–H and O–H groups in total. The van der Waals surface area contributed by atoms with Crippen LogP contribution in [0.5, 0.6) is 5.88 Å². The Labute approximate surface area is 88.1 Å². The topological polar surface area (TPSA) is 64.5 Å². The van der Waals surface area contributed by atoms with Crippen molar-refractivity contribution in [3.8, 4) is 5.88 Å². The molecule has 2 rings (SSSR count). The van der Waals surface area contributed by atoms with E-state index in [0.29, 0.717) is 11.7 Å². The number of nitrogens with zero attached hydrogens (tertiary/aromatic N) is 2. The minimum Gasteiger partial charge on any atom is -0.474 e. The van der Waals surface area contributed by atoms with Gasteiger partial charge in [-0.25, -0.2) is 4.98 Å². The van der Waals surface area contributed by atoms with Crippen molar-refractivity contribution in [3.63, 3.8) is 0 Å². The van der Waals surface area contributed by atoms with Gasteiger partial charge in [0.05, 0.1) is 13.2 Å². The molecular weight excluding hydrogens is 196 g/mol. The molecule has 5 heteroatoms. The maximum Gasteiger partial charge on any atom is 0.216 e. The van der Waals surface area contributed by atoms with Gasteiger partial charge >= 0.3 is 0 Å². The van der Waals surface area contributed by atoms with Gasteiger partial charge in [-0.15, -0.1) is 0 Å². The predicted molar refractivity (Wildman–Crippen MR) is 52.4 cm³/mol. The maximum absolute atomic E-state index is 8.87. The maximum atomic E-state index is 8.87. The lowest BCUT2D eigenvalue weighted by molar-refractivity contribution is 0.0235. The first-order chi connectivity index (χ1) is 7.38. The lowest BCUT2D eigenvalue weighted by Crippen LogP contribution is -2.26. The van der Waals surface area contributed by atoms with Gasteiger partial charge in [-0.3, -0.25) is 0 Å². The Morgan fingerprint density at radius 2 is 2.27 bits per heavy atom. The minimum absolute atomic E-state index is 0.162. The zero-order valence-electron chi connectivity index (χ0n) is 8.43. The van der Waals surface area contributed by atoms with Crippen LogP contribution < -0.4 is 4.74 Å². The summed E-state index contributed by atoms with van der Waals surface area (Å²) in [4.78, 5) is 7.95. The van der Waals surface area contributed by atoms with Crippen LogP contribution in [0.1, 0.15) is 18.7 Å². The van der Waals surface area contributed by atoms with Gasteiger partial charge in [0.25, 0.3) is 0 Å². The van der Waals surface area contributed by atoms with Crippen LogP contribution in [0, 0.1) is 0 Å². The van der Waals surface area contributed by atoms with Gasteiger partial charge in [0.2, 0.25) is 5.88 Å². The van der Waals surface area contributed by atoms with Gasteiger partial charge in [0.1, 0.15) is 12.7 Å². The third-order valence-corrected chi connectivity index (χ3v) is 2.28. The summed E-state index contributed by atoms with van der Waals surface area (Å²) in [6.45, 7) is 1.32. The lowest BCUT2D eigenvalue weighted by atomic mass is 10.2. The smallest absolute Gasteiger partial charge is 0.216 e. The van der Waals surface area contributed by atoms with Crippen molar-refractivity contribution in [2.75, 3.05) is 13.2 Å². The molecule has 0 amide bonds. The molecule has 0 aromatic carbocycles. The van der Waals surface area contributed by atoms with Crippen LogP contribution in [0.3, 0.4) is 0 Å². The van der Waals surface area contributed by atoms with Crippen LogP contribution in [0.4, 0.5) is 0 Å². The fraction of sp³-hybridized carbons (Fsp3) is 0.600. The summed E-state index contributed by atoms with van der Waals surface area (Å²) in [5.74, 6) is 0.917. The van der Waals surface area contributed by atoms with Gasteiger partial charge in [-0.05, 0) is 0 Å². The first-order valence-corrected chi connectivity index (χ1v) is 5.05. The zero-order chi connectivity index (χ0) is 10.5. The number of ether oxygens (including phenoxy) is 2. The molecule has 82 valence electrons. The average molecular weight is 210 g/mol. The summed E-state index contributed by atoms with van der Waals surface area (Å²) in [5.41, 5.74) is 0. The van der Waals surface area contributed by atoms with E-state index in [1.165, 1.54) is 0 Å². The molecule has 1 saturated heterocycles. The average Bonchev–Trinajstić information content (AvgIpc) is 2.31.